The van der Waals surface area contributed by atoms with Gasteiger partial charge in [0.05, 0.1) is 21.3 Å². The highest BCUT2D eigenvalue weighted by Crippen LogP contribution is 2.32. The van der Waals surface area contributed by atoms with Gasteiger partial charge in [0.2, 0.25) is 0 Å². The van der Waals surface area contributed by atoms with Gasteiger partial charge in [-0.2, -0.15) is 13.2 Å². The Morgan fingerprint density at radius 3 is 2.44 bits per heavy atom. The second-order valence-corrected chi connectivity index (χ2v) is 4.84. The molecule has 0 radical (unpaired) electrons. The molecule has 2 N–H and O–H groups in total. The molecule has 0 aliphatic rings. The second kappa shape index (κ2) is 4.86. The van der Waals surface area contributed by atoms with Crippen LogP contribution in [0.5, 0.6) is 0 Å². The van der Waals surface area contributed by atoms with E-state index in [1.54, 1.807) is 0 Å². The highest BCUT2D eigenvalue weighted by molar-refractivity contribution is 7.85. The number of benzene rings is 1. The topological polar surface area (TPSA) is 43.1 Å². The highest BCUT2D eigenvalue weighted by Gasteiger charge is 2.31. The Morgan fingerprint density at radius 1 is 1.38 bits per heavy atom. The van der Waals surface area contributed by atoms with Crippen molar-refractivity contribution in [3.63, 3.8) is 0 Å². The Labute approximate surface area is 94.1 Å². The second-order valence-electron chi connectivity index (χ2n) is 3.30. The van der Waals surface area contributed by atoms with Crippen molar-refractivity contribution in [2.24, 2.45) is 0 Å². The van der Waals surface area contributed by atoms with E-state index >= 15 is 0 Å². The van der Waals surface area contributed by atoms with Crippen LogP contribution in [0.1, 0.15) is 18.9 Å². The van der Waals surface area contributed by atoms with Crippen LogP contribution in [0.15, 0.2) is 23.1 Å². The molecule has 0 heterocycles. The van der Waals surface area contributed by atoms with Crippen molar-refractivity contribution in [3.8, 4) is 0 Å². The molecular weight excluding hydrogens is 239 g/mol. The number of rotatable bonds is 3. The lowest BCUT2D eigenvalue weighted by molar-refractivity contribution is -0.137. The van der Waals surface area contributed by atoms with E-state index in [0.29, 0.717) is 12.2 Å². The van der Waals surface area contributed by atoms with Crippen molar-refractivity contribution in [1.82, 2.24) is 0 Å². The number of hydrogen-bond donors (Lipinski definition) is 1. The maximum Gasteiger partial charge on any atom is 0.416 e. The smallest absolute Gasteiger partial charge is 0.398 e. The van der Waals surface area contributed by atoms with Gasteiger partial charge in [-0.25, -0.2) is 0 Å². The first-order valence-electron chi connectivity index (χ1n) is 4.71. The molecule has 0 bridgehead atoms. The lowest BCUT2D eigenvalue weighted by atomic mass is 10.2. The molecule has 1 unspecified atom stereocenters. The molecular formula is C10H12F3NOS. The molecule has 1 aromatic carbocycles. The first-order valence-corrected chi connectivity index (χ1v) is 6.03. The Balaban J connectivity index is 3.05. The molecule has 0 aliphatic heterocycles. The summed E-state index contributed by atoms with van der Waals surface area (Å²) in [5.41, 5.74) is 4.57. The van der Waals surface area contributed by atoms with Crippen LogP contribution >= 0.6 is 0 Å². The summed E-state index contributed by atoms with van der Waals surface area (Å²) in [5, 5.41) is 0. The molecule has 0 saturated carbocycles. The summed E-state index contributed by atoms with van der Waals surface area (Å²) in [4.78, 5) is 0.273. The van der Waals surface area contributed by atoms with Gasteiger partial charge in [-0.3, -0.25) is 4.21 Å². The fraction of sp³-hybridized carbons (Fsp3) is 0.400. The van der Waals surface area contributed by atoms with E-state index in [1.165, 1.54) is 6.07 Å². The summed E-state index contributed by atoms with van der Waals surface area (Å²) in [6.07, 6.45) is -3.73. The van der Waals surface area contributed by atoms with Crippen molar-refractivity contribution in [3.05, 3.63) is 23.8 Å². The Kier molecular flexibility index (Phi) is 3.96. The third kappa shape index (κ3) is 2.98. The lowest BCUT2D eigenvalue weighted by Gasteiger charge is -2.10. The summed E-state index contributed by atoms with van der Waals surface area (Å²) >= 11 is 0. The van der Waals surface area contributed by atoms with Crippen molar-refractivity contribution in [2.75, 3.05) is 11.5 Å². The highest BCUT2D eigenvalue weighted by atomic mass is 32.2. The standard InChI is InChI=1S/C10H12F3NOS/c1-2-5-16(15)9-4-3-7(6-8(9)14)10(11,12)13/h3-4,6H,2,5,14H2,1H3. The maximum atomic E-state index is 12.3. The summed E-state index contributed by atoms with van der Waals surface area (Å²) < 4.78 is 48.5. The first kappa shape index (κ1) is 13.0. The average Bonchev–Trinajstić information content (AvgIpc) is 2.16. The van der Waals surface area contributed by atoms with Gasteiger partial charge in [0.15, 0.2) is 0 Å². The van der Waals surface area contributed by atoms with Crippen LogP contribution in [0.3, 0.4) is 0 Å². The molecule has 2 nitrogen and oxygen atoms in total. The number of alkyl halides is 3. The van der Waals surface area contributed by atoms with Crippen LogP contribution in [0.2, 0.25) is 0 Å². The number of hydrogen-bond acceptors (Lipinski definition) is 2. The van der Waals surface area contributed by atoms with Gasteiger partial charge >= 0.3 is 6.18 Å². The fourth-order valence-electron chi connectivity index (χ4n) is 1.23. The summed E-state index contributed by atoms with van der Waals surface area (Å²) in [7, 11) is -1.32. The van der Waals surface area contributed by atoms with Crippen LogP contribution < -0.4 is 5.73 Å². The molecule has 0 aliphatic carbocycles. The van der Waals surface area contributed by atoms with Gasteiger partial charge in [-0.1, -0.05) is 6.92 Å². The zero-order valence-corrected chi connectivity index (χ0v) is 9.49. The quantitative estimate of drug-likeness (QED) is 0.839. The van der Waals surface area contributed by atoms with E-state index in [-0.39, 0.29) is 10.6 Å². The van der Waals surface area contributed by atoms with Crippen molar-refractivity contribution in [1.29, 1.82) is 0 Å². The predicted molar refractivity (Wildman–Crippen MR) is 57.4 cm³/mol. The monoisotopic (exact) mass is 251 g/mol. The van der Waals surface area contributed by atoms with Crippen molar-refractivity contribution >= 4 is 16.5 Å². The third-order valence-electron chi connectivity index (χ3n) is 1.97. The molecule has 1 rings (SSSR count). The number of anilines is 1. The summed E-state index contributed by atoms with van der Waals surface area (Å²) in [6, 6.07) is 2.91. The number of halogens is 3. The minimum absolute atomic E-state index is 0.0680. The molecule has 0 fully saturated rings. The van der Waals surface area contributed by atoms with Crippen LogP contribution in [-0.2, 0) is 17.0 Å². The van der Waals surface area contributed by atoms with E-state index < -0.39 is 22.5 Å². The average molecular weight is 251 g/mol. The van der Waals surface area contributed by atoms with Gasteiger partial charge < -0.3 is 5.73 Å². The fourth-order valence-corrected chi connectivity index (χ4v) is 2.36. The summed E-state index contributed by atoms with van der Waals surface area (Å²) in [5.74, 6) is 0.398. The molecule has 90 valence electrons. The van der Waals surface area contributed by atoms with Gasteiger partial charge in [0, 0.05) is 11.4 Å². The van der Waals surface area contributed by atoms with Gasteiger partial charge in [0.25, 0.3) is 0 Å². The number of nitrogens with two attached hydrogens (primary N) is 1. The van der Waals surface area contributed by atoms with E-state index in [1.807, 2.05) is 6.92 Å². The van der Waals surface area contributed by atoms with E-state index in [2.05, 4.69) is 0 Å². The van der Waals surface area contributed by atoms with Crippen LogP contribution in [-0.4, -0.2) is 9.96 Å². The predicted octanol–water partition coefficient (Wildman–Crippen LogP) is 2.81. The Hall–Kier alpha value is -1.04. The molecule has 1 aromatic rings. The first-order chi connectivity index (χ1) is 7.36. The molecule has 0 amide bonds. The molecule has 0 spiro atoms. The Bertz CT molecular complexity index is 404. The molecule has 0 aromatic heterocycles. The van der Waals surface area contributed by atoms with Gasteiger partial charge in [-0.15, -0.1) is 0 Å². The summed E-state index contributed by atoms with van der Waals surface area (Å²) in [6.45, 7) is 1.85. The normalized spacial score (nSPS) is 13.8. The number of nitrogen functional groups attached to an aromatic ring is 1. The van der Waals surface area contributed by atoms with E-state index in [0.717, 1.165) is 12.1 Å². The zero-order chi connectivity index (χ0) is 12.3. The van der Waals surface area contributed by atoms with Gasteiger partial charge in [-0.05, 0) is 24.6 Å². The van der Waals surface area contributed by atoms with Crippen LogP contribution in [0.4, 0.5) is 18.9 Å². The minimum atomic E-state index is -4.42. The molecule has 0 saturated heterocycles. The Morgan fingerprint density at radius 2 is 2.00 bits per heavy atom. The van der Waals surface area contributed by atoms with E-state index in [4.69, 9.17) is 5.73 Å². The third-order valence-corrected chi connectivity index (χ3v) is 3.61. The van der Waals surface area contributed by atoms with Crippen LogP contribution in [0, 0.1) is 0 Å². The molecule has 1 atom stereocenters. The van der Waals surface area contributed by atoms with Crippen LogP contribution in [0.25, 0.3) is 0 Å². The lowest BCUT2D eigenvalue weighted by Crippen LogP contribution is -2.08. The van der Waals surface area contributed by atoms with Gasteiger partial charge in [0.1, 0.15) is 0 Å². The maximum absolute atomic E-state index is 12.3. The molecule has 6 heteroatoms. The van der Waals surface area contributed by atoms with E-state index in [9.17, 15) is 17.4 Å². The zero-order valence-electron chi connectivity index (χ0n) is 8.67. The van der Waals surface area contributed by atoms with Crippen molar-refractivity contribution < 1.29 is 17.4 Å². The largest absolute Gasteiger partial charge is 0.416 e. The molecule has 16 heavy (non-hydrogen) atoms. The van der Waals surface area contributed by atoms with Crippen molar-refractivity contribution in [2.45, 2.75) is 24.4 Å². The minimum Gasteiger partial charge on any atom is -0.398 e. The SMILES string of the molecule is CCCS(=O)c1ccc(C(F)(F)F)cc1N.